The third kappa shape index (κ3) is 3.64. The third-order valence-corrected chi connectivity index (χ3v) is 10.8. The van der Waals surface area contributed by atoms with Crippen LogP contribution in [0.1, 0.15) is 25.0 Å². The van der Waals surface area contributed by atoms with Crippen molar-refractivity contribution >= 4 is 53.9 Å². The molecule has 0 aromatic heterocycles. The number of benzene rings is 9. The van der Waals surface area contributed by atoms with Crippen LogP contribution in [-0.2, 0) is 5.41 Å². The Morgan fingerprint density at radius 3 is 1.40 bits per heavy atom. The molecule has 0 aliphatic heterocycles. The Morgan fingerprint density at radius 1 is 0.319 bits per heavy atom. The highest BCUT2D eigenvalue weighted by atomic mass is 14.4. The van der Waals surface area contributed by atoms with Gasteiger partial charge in [-0.1, -0.05) is 153 Å². The molecule has 9 aromatic rings. The van der Waals surface area contributed by atoms with E-state index in [1.54, 1.807) is 0 Å². The van der Waals surface area contributed by atoms with E-state index in [2.05, 4.69) is 172 Å². The molecular weight excluding hydrogens is 565 g/mol. The van der Waals surface area contributed by atoms with Gasteiger partial charge in [0.1, 0.15) is 0 Å². The summed E-state index contributed by atoms with van der Waals surface area (Å²) in [4.78, 5) is 0. The number of rotatable bonds is 2. The summed E-state index contributed by atoms with van der Waals surface area (Å²) in [6.45, 7) is 4.83. The predicted molar refractivity (Wildman–Crippen MR) is 202 cm³/mol. The number of fused-ring (bicyclic) bond motifs is 9. The van der Waals surface area contributed by atoms with Gasteiger partial charge in [-0.2, -0.15) is 0 Å². The summed E-state index contributed by atoms with van der Waals surface area (Å²) in [6, 6.07) is 58.9. The molecule has 0 unspecified atom stereocenters. The molecule has 47 heavy (non-hydrogen) atoms. The normalized spacial score (nSPS) is 13.5. The van der Waals surface area contributed by atoms with Gasteiger partial charge < -0.3 is 0 Å². The largest absolute Gasteiger partial charge is 0.0616 e. The fraction of sp³-hybridized carbons (Fsp3) is 0.0638. The van der Waals surface area contributed by atoms with Crippen molar-refractivity contribution < 1.29 is 0 Å². The van der Waals surface area contributed by atoms with Crippen LogP contribution in [0.2, 0.25) is 0 Å². The van der Waals surface area contributed by atoms with E-state index in [4.69, 9.17) is 0 Å². The first-order chi connectivity index (χ1) is 23.1. The van der Waals surface area contributed by atoms with Crippen LogP contribution in [-0.4, -0.2) is 0 Å². The Bertz CT molecular complexity index is 2700. The zero-order chi connectivity index (χ0) is 31.3. The lowest BCUT2D eigenvalue weighted by atomic mass is 9.76. The van der Waals surface area contributed by atoms with E-state index in [0.29, 0.717) is 0 Å². The predicted octanol–water partition coefficient (Wildman–Crippen LogP) is 13.1. The summed E-state index contributed by atoms with van der Waals surface area (Å²) < 4.78 is 0. The summed E-state index contributed by atoms with van der Waals surface area (Å²) in [6.07, 6.45) is 0. The molecule has 0 spiro atoms. The molecular formula is C47H32. The van der Waals surface area contributed by atoms with E-state index in [-0.39, 0.29) is 5.41 Å². The lowest BCUT2D eigenvalue weighted by molar-refractivity contribution is 0.663. The molecule has 1 aliphatic rings. The monoisotopic (exact) mass is 596 g/mol. The molecule has 9 aromatic carbocycles. The standard InChI is InChI=1S/C47H32/c1-47(2)43-28-30-15-4-3-14-29(30)26-41(43)39-24-13-25-40(46(39)47)44-35-20-9-11-22-37(35)45(38-23-12-10-21-36(38)44)42-27-31-16-5-6-17-32(31)33-18-7-8-19-34(33)42/h3-28H,1-2H3. The molecule has 0 atom stereocenters. The Morgan fingerprint density at radius 2 is 0.766 bits per heavy atom. The molecule has 1 aliphatic carbocycles. The SMILES string of the molecule is CC1(C)c2cc3ccccc3cc2-c2cccc(-c3c4ccccc4c(-c4cc5ccccc5c5ccccc45)c4ccccc34)c21. The molecule has 0 saturated heterocycles. The van der Waals surface area contributed by atoms with Crippen LogP contribution in [0.15, 0.2) is 158 Å². The average molecular weight is 597 g/mol. The summed E-state index contributed by atoms with van der Waals surface area (Å²) in [5.41, 5.74) is 10.6. The van der Waals surface area contributed by atoms with Gasteiger partial charge in [-0.15, -0.1) is 0 Å². The van der Waals surface area contributed by atoms with Gasteiger partial charge in [-0.25, -0.2) is 0 Å². The van der Waals surface area contributed by atoms with Crippen molar-refractivity contribution in [3.8, 4) is 33.4 Å². The van der Waals surface area contributed by atoms with Crippen molar-refractivity contribution in [1.82, 2.24) is 0 Å². The zero-order valence-electron chi connectivity index (χ0n) is 26.5. The number of hydrogen-bond donors (Lipinski definition) is 0. The summed E-state index contributed by atoms with van der Waals surface area (Å²) in [5, 5.41) is 12.9. The van der Waals surface area contributed by atoms with Crippen LogP contribution in [0.5, 0.6) is 0 Å². The van der Waals surface area contributed by atoms with Gasteiger partial charge in [0.2, 0.25) is 0 Å². The van der Waals surface area contributed by atoms with Crippen LogP contribution in [0, 0.1) is 0 Å². The molecule has 0 heterocycles. The van der Waals surface area contributed by atoms with Crippen LogP contribution in [0.3, 0.4) is 0 Å². The van der Waals surface area contributed by atoms with E-state index in [1.807, 2.05) is 0 Å². The lowest BCUT2D eigenvalue weighted by Gasteiger charge is -2.26. The van der Waals surface area contributed by atoms with E-state index in [1.165, 1.54) is 98.4 Å². The second-order valence-corrected chi connectivity index (χ2v) is 13.6. The van der Waals surface area contributed by atoms with Gasteiger partial charge in [-0.05, 0) is 117 Å². The zero-order valence-corrected chi connectivity index (χ0v) is 26.5. The molecule has 0 heteroatoms. The first kappa shape index (κ1) is 26.5. The summed E-state index contributed by atoms with van der Waals surface area (Å²) in [7, 11) is 0. The van der Waals surface area contributed by atoms with E-state index < -0.39 is 0 Å². The molecule has 10 rings (SSSR count). The minimum absolute atomic E-state index is 0.152. The topological polar surface area (TPSA) is 0 Å². The summed E-state index contributed by atoms with van der Waals surface area (Å²) in [5.74, 6) is 0. The first-order valence-electron chi connectivity index (χ1n) is 16.6. The molecule has 0 amide bonds. The Kier molecular flexibility index (Phi) is 5.44. The van der Waals surface area contributed by atoms with Crippen molar-refractivity contribution in [1.29, 1.82) is 0 Å². The van der Waals surface area contributed by atoms with Crippen LogP contribution >= 0.6 is 0 Å². The quantitative estimate of drug-likeness (QED) is 0.138. The Labute approximate surface area is 274 Å². The van der Waals surface area contributed by atoms with Gasteiger partial charge in [0.05, 0.1) is 0 Å². The second-order valence-electron chi connectivity index (χ2n) is 13.6. The van der Waals surface area contributed by atoms with Crippen LogP contribution < -0.4 is 0 Å². The Balaban J connectivity index is 1.33. The van der Waals surface area contributed by atoms with Crippen molar-refractivity contribution in [2.75, 3.05) is 0 Å². The smallest absolute Gasteiger partial charge is 0.0165 e. The third-order valence-electron chi connectivity index (χ3n) is 10.8. The van der Waals surface area contributed by atoms with Crippen LogP contribution in [0.4, 0.5) is 0 Å². The molecule has 0 nitrogen and oxygen atoms in total. The van der Waals surface area contributed by atoms with Gasteiger partial charge in [0.15, 0.2) is 0 Å². The maximum atomic E-state index is 2.43. The van der Waals surface area contributed by atoms with E-state index in [0.717, 1.165) is 0 Å². The van der Waals surface area contributed by atoms with Crippen molar-refractivity contribution in [3.63, 3.8) is 0 Å². The molecule has 0 bridgehead atoms. The van der Waals surface area contributed by atoms with Crippen molar-refractivity contribution in [3.05, 3.63) is 169 Å². The Hall–Kier alpha value is -5.72. The minimum Gasteiger partial charge on any atom is -0.0616 e. The van der Waals surface area contributed by atoms with E-state index >= 15 is 0 Å². The first-order valence-corrected chi connectivity index (χ1v) is 16.6. The molecule has 0 saturated carbocycles. The van der Waals surface area contributed by atoms with Gasteiger partial charge in [0.25, 0.3) is 0 Å². The highest BCUT2D eigenvalue weighted by Gasteiger charge is 2.38. The van der Waals surface area contributed by atoms with Gasteiger partial charge in [0, 0.05) is 5.41 Å². The summed E-state index contributed by atoms with van der Waals surface area (Å²) >= 11 is 0. The second kappa shape index (κ2) is 9.64. The molecule has 0 fully saturated rings. The average Bonchev–Trinajstić information content (AvgIpc) is 3.34. The van der Waals surface area contributed by atoms with Gasteiger partial charge in [-0.3, -0.25) is 0 Å². The van der Waals surface area contributed by atoms with Gasteiger partial charge >= 0.3 is 0 Å². The van der Waals surface area contributed by atoms with Crippen LogP contribution in [0.25, 0.3) is 87.2 Å². The maximum absolute atomic E-state index is 2.43. The molecule has 0 radical (unpaired) electrons. The van der Waals surface area contributed by atoms with Crippen molar-refractivity contribution in [2.24, 2.45) is 0 Å². The maximum Gasteiger partial charge on any atom is 0.0165 e. The number of hydrogen-bond acceptors (Lipinski definition) is 0. The highest BCUT2D eigenvalue weighted by Crippen LogP contribution is 2.55. The molecule has 0 N–H and O–H groups in total. The fourth-order valence-electron chi connectivity index (χ4n) is 8.74. The fourth-order valence-corrected chi connectivity index (χ4v) is 8.74. The van der Waals surface area contributed by atoms with Crippen molar-refractivity contribution in [2.45, 2.75) is 19.3 Å². The lowest BCUT2D eigenvalue weighted by Crippen LogP contribution is -2.16. The minimum atomic E-state index is -0.152. The van der Waals surface area contributed by atoms with E-state index in [9.17, 15) is 0 Å². The molecule has 220 valence electrons. The highest BCUT2D eigenvalue weighted by molar-refractivity contribution is 6.26.